The van der Waals surface area contributed by atoms with Gasteiger partial charge in [0.05, 0.1) is 0 Å². The second-order valence-electron chi connectivity index (χ2n) is 7.78. The molecule has 2 heterocycles. The summed E-state index contributed by atoms with van der Waals surface area (Å²) in [7, 11) is 0. The Morgan fingerprint density at radius 2 is 1.73 bits per heavy atom. The number of pyridine rings is 1. The standard InChI is InChI=1S/C25H27N3O2/c1-19-12-15-27(16-13-20-8-4-2-5-9-20)24(29)23(19)25(30)28-17-14-26-22(18-28)21-10-6-3-7-11-21/h2-12,15,22,26H,13-14,16-18H2,1H3. The van der Waals surface area contributed by atoms with Gasteiger partial charge >= 0.3 is 0 Å². The van der Waals surface area contributed by atoms with Crippen LogP contribution in [0.2, 0.25) is 0 Å². The van der Waals surface area contributed by atoms with Gasteiger partial charge in [0, 0.05) is 38.4 Å². The summed E-state index contributed by atoms with van der Waals surface area (Å²) in [5.74, 6) is -0.172. The molecule has 1 amide bonds. The first-order chi connectivity index (χ1) is 14.6. The van der Waals surface area contributed by atoms with Crippen LogP contribution in [0, 0.1) is 6.92 Å². The molecular formula is C25H27N3O2. The molecule has 1 aliphatic heterocycles. The van der Waals surface area contributed by atoms with Crippen LogP contribution in [0.5, 0.6) is 0 Å². The molecule has 0 radical (unpaired) electrons. The van der Waals surface area contributed by atoms with Crippen molar-refractivity contribution in [2.24, 2.45) is 0 Å². The van der Waals surface area contributed by atoms with Gasteiger partial charge in [-0.3, -0.25) is 9.59 Å². The molecule has 1 N–H and O–H groups in total. The third kappa shape index (κ3) is 4.36. The molecule has 1 atom stereocenters. The average Bonchev–Trinajstić information content (AvgIpc) is 2.80. The van der Waals surface area contributed by atoms with Gasteiger partial charge in [0.15, 0.2) is 0 Å². The minimum absolute atomic E-state index is 0.0771. The Bertz CT molecular complexity index is 1060. The number of amides is 1. The fraction of sp³-hybridized carbons (Fsp3) is 0.280. The monoisotopic (exact) mass is 401 g/mol. The molecule has 154 valence electrons. The van der Waals surface area contributed by atoms with E-state index in [0.29, 0.717) is 31.7 Å². The maximum Gasteiger partial charge on any atom is 0.263 e. The van der Waals surface area contributed by atoms with Crippen LogP contribution in [-0.2, 0) is 13.0 Å². The first-order valence-electron chi connectivity index (χ1n) is 10.4. The van der Waals surface area contributed by atoms with Gasteiger partial charge in [0.1, 0.15) is 5.56 Å². The second-order valence-corrected chi connectivity index (χ2v) is 7.78. The van der Waals surface area contributed by atoms with E-state index in [1.807, 2.05) is 49.4 Å². The van der Waals surface area contributed by atoms with E-state index in [-0.39, 0.29) is 17.5 Å². The highest BCUT2D eigenvalue weighted by Crippen LogP contribution is 2.19. The highest BCUT2D eigenvalue weighted by molar-refractivity contribution is 5.95. The van der Waals surface area contributed by atoms with E-state index in [0.717, 1.165) is 17.5 Å². The summed E-state index contributed by atoms with van der Waals surface area (Å²) < 4.78 is 1.66. The average molecular weight is 402 g/mol. The lowest BCUT2D eigenvalue weighted by atomic mass is 10.0. The Morgan fingerprint density at radius 1 is 1.03 bits per heavy atom. The zero-order valence-electron chi connectivity index (χ0n) is 17.3. The van der Waals surface area contributed by atoms with Gasteiger partial charge in [-0.05, 0) is 36.1 Å². The number of aromatic nitrogens is 1. The molecule has 5 heteroatoms. The molecule has 0 spiro atoms. The predicted octanol–water partition coefficient (Wildman–Crippen LogP) is 3.19. The van der Waals surface area contributed by atoms with Crippen LogP contribution < -0.4 is 10.9 Å². The summed E-state index contributed by atoms with van der Waals surface area (Å²) in [6.45, 7) is 4.25. The molecule has 1 fully saturated rings. The predicted molar refractivity (Wildman–Crippen MR) is 119 cm³/mol. The molecule has 5 nitrogen and oxygen atoms in total. The van der Waals surface area contributed by atoms with E-state index in [9.17, 15) is 9.59 Å². The minimum Gasteiger partial charge on any atom is -0.335 e. The molecule has 1 aliphatic rings. The van der Waals surface area contributed by atoms with Gasteiger partial charge in [0.2, 0.25) is 0 Å². The van der Waals surface area contributed by atoms with Crippen LogP contribution >= 0.6 is 0 Å². The number of rotatable bonds is 5. The number of piperazine rings is 1. The molecule has 1 saturated heterocycles. The number of nitrogens with zero attached hydrogens (tertiary/aromatic N) is 2. The smallest absolute Gasteiger partial charge is 0.263 e. The zero-order valence-corrected chi connectivity index (χ0v) is 17.3. The zero-order chi connectivity index (χ0) is 20.9. The van der Waals surface area contributed by atoms with Gasteiger partial charge in [-0.1, -0.05) is 60.7 Å². The fourth-order valence-electron chi connectivity index (χ4n) is 4.00. The normalized spacial score (nSPS) is 16.4. The Labute approximate surface area is 177 Å². The summed E-state index contributed by atoms with van der Waals surface area (Å²) in [5.41, 5.74) is 3.14. The first-order valence-corrected chi connectivity index (χ1v) is 10.4. The third-order valence-corrected chi connectivity index (χ3v) is 5.74. The SMILES string of the molecule is Cc1ccn(CCc2ccccc2)c(=O)c1C(=O)N1CCNC(c2ccccc2)C1. The maximum atomic E-state index is 13.3. The van der Waals surface area contributed by atoms with Crippen molar-refractivity contribution in [2.75, 3.05) is 19.6 Å². The van der Waals surface area contributed by atoms with Crippen molar-refractivity contribution in [3.8, 4) is 0 Å². The van der Waals surface area contributed by atoms with E-state index >= 15 is 0 Å². The summed E-state index contributed by atoms with van der Waals surface area (Å²) in [6.07, 6.45) is 2.54. The van der Waals surface area contributed by atoms with Crippen LogP contribution in [0.25, 0.3) is 0 Å². The molecule has 1 aromatic heterocycles. The Kier molecular flexibility index (Phi) is 6.10. The summed E-state index contributed by atoms with van der Waals surface area (Å²) in [6, 6.07) is 22.1. The largest absolute Gasteiger partial charge is 0.335 e. The number of aryl methyl sites for hydroxylation is 3. The molecule has 1 unspecified atom stereocenters. The van der Waals surface area contributed by atoms with E-state index in [1.165, 1.54) is 5.56 Å². The Balaban J connectivity index is 1.54. The van der Waals surface area contributed by atoms with Crippen molar-refractivity contribution < 1.29 is 4.79 Å². The number of hydrogen-bond acceptors (Lipinski definition) is 3. The van der Waals surface area contributed by atoms with Crippen LogP contribution in [0.1, 0.15) is 33.1 Å². The Morgan fingerprint density at radius 3 is 2.47 bits per heavy atom. The number of carbonyl (C=O) groups is 1. The number of carbonyl (C=O) groups excluding carboxylic acids is 1. The lowest BCUT2D eigenvalue weighted by Gasteiger charge is -2.34. The number of hydrogen-bond donors (Lipinski definition) is 1. The van der Waals surface area contributed by atoms with Gasteiger partial charge < -0.3 is 14.8 Å². The van der Waals surface area contributed by atoms with E-state index in [1.54, 1.807) is 15.7 Å². The topological polar surface area (TPSA) is 54.3 Å². The molecular weight excluding hydrogens is 374 g/mol. The van der Waals surface area contributed by atoms with Crippen molar-refractivity contribution in [2.45, 2.75) is 25.9 Å². The molecule has 0 aliphatic carbocycles. The Hall–Kier alpha value is -3.18. The van der Waals surface area contributed by atoms with Gasteiger partial charge in [-0.25, -0.2) is 0 Å². The molecule has 3 aromatic rings. The highest BCUT2D eigenvalue weighted by Gasteiger charge is 2.27. The van der Waals surface area contributed by atoms with Crippen molar-refractivity contribution in [3.63, 3.8) is 0 Å². The van der Waals surface area contributed by atoms with Gasteiger partial charge in [-0.15, -0.1) is 0 Å². The van der Waals surface area contributed by atoms with Crippen molar-refractivity contribution in [3.05, 3.63) is 106 Å². The summed E-state index contributed by atoms with van der Waals surface area (Å²) in [5, 5.41) is 3.47. The van der Waals surface area contributed by atoms with Crippen LogP contribution in [0.3, 0.4) is 0 Å². The molecule has 30 heavy (non-hydrogen) atoms. The number of benzene rings is 2. The van der Waals surface area contributed by atoms with E-state index < -0.39 is 0 Å². The van der Waals surface area contributed by atoms with Gasteiger partial charge in [0.25, 0.3) is 11.5 Å². The summed E-state index contributed by atoms with van der Waals surface area (Å²) >= 11 is 0. The van der Waals surface area contributed by atoms with Crippen LogP contribution in [-0.4, -0.2) is 35.0 Å². The summed E-state index contributed by atoms with van der Waals surface area (Å²) in [4.78, 5) is 28.3. The second kappa shape index (κ2) is 9.09. The van der Waals surface area contributed by atoms with Gasteiger partial charge in [-0.2, -0.15) is 0 Å². The molecule has 4 rings (SSSR count). The van der Waals surface area contributed by atoms with Crippen molar-refractivity contribution >= 4 is 5.91 Å². The number of nitrogens with one attached hydrogen (secondary N) is 1. The quantitative estimate of drug-likeness (QED) is 0.714. The molecule has 2 aromatic carbocycles. The van der Waals surface area contributed by atoms with Crippen LogP contribution in [0.4, 0.5) is 0 Å². The lowest BCUT2D eigenvalue weighted by Crippen LogP contribution is -2.49. The van der Waals surface area contributed by atoms with E-state index in [2.05, 4.69) is 29.6 Å². The first kappa shape index (κ1) is 20.1. The van der Waals surface area contributed by atoms with Crippen LogP contribution in [0.15, 0.2) is 77.7 Å². The fourth-order valence-corrected chi connectivity index (χ4v) is 4.00. The molecule has 0 bridgehead atoms. The van der Waals surface area contributed by atoms with Crippen molar-refractivity contribution in [1.82, 2.24) is 14.8 Å². The van der Waals surface area contributed by atoms with Crippen molar-refractivity contribution in [1.29, 1.82) is 0 Å². The molecule has 0 saturated carbocycles. The minimum atomic E-state index is -0.203. The van der Waals surface area contributed by atoms with E-state index in [4.69, 9.17) is 0 Å². The lowest BCUT2D eigenvalue weighted by molar-refractivity contribution is 0.0699. The maximum absolute atomic E-state index is 13.3. The third-order valence-electron chi connectivity index (χ3n) is 5.74. The highest BCUT2D eigenvalue weighted by atomic mass is 16.2.